The number of carbonyl (C=O) groups excluding carboxylic acids is 2. The first-order valence-electron chi connectivity index (χ1n) is 7.50. The normalized spacial score (nSPS) is 11.6. The number of aryl methyl sites for hydroxylation is 2. The molecule has 1 aromatic carbocycles. The number of hydrogen-bond acceptors (Lipinski definition) is 4. The van der Waals surface area contributed by atoms with Crippen molar-refractivity contribution in [2.45, 2.75) is 33.3 Å². The number of hydrogen-bond donors (Lipinski definition) is 1. The molecule has 120 valence electrons. The highest BCUT2D eigenvalue weighted by atomic mass is 16.5. The summed E-state index contributed by atoms with van der Waals surface area (Å²) in [6.07, 6.45) is 2.57. The van der Waals surface area contributed by atoms with Gasteiger partial charge in [0.2, 0.25) is 0 Å². The number of nitrogens with one attached hydrogen (secondary N) is 1. The fourth-order valence-corrected chi connectivity index (χ4v) is 2.09. The average Bonchev–Trinajstić information content (AvgIpc) is 2.56. The van der Waals surface area contributed by atoms with Crippen molar-refractivity contribution < 1.29 is 14.3 Å². The number of esters is 1. The molecule has 2 rings (SSSR count). The van der Waals surface area contributed by atoms with Crippen LogP contribution in [0.15, 0.2) is 42.7 Å². The van der Waals surface area contributed by atoms with Crippen LogP contribution < -0.4 is 5.32 Å². The number of pyridine rings is 1. The molecule has 0 saturated heterocycles. The van der Waals surface area contributed by atoms with Crippen LogP contribution in [0.1, 0.15) is 34.8 Å². The Balaban J connectivity index is 2.07. The second-order valence-electron chi connectivity index (χ2n) is 5.35. The quantitative estimate of drug-likeness (QED) is 0.860. The summed E-state index contributed by atoms with van der Waals surface area (Å²) < 4.78 is 5.31. The maximum Gasteiger partial charge on any atom is 0.339 e. The van der Waals surface area contributed by atoms with Gasteiger partial charge in [0.1, 0.15) is 0 Å². The molecule has 1 amide bonds. The molecule has 0 radical (unpaired) electrons. The molecule has 1 N–H and O–H groups in total. The van der Waals surface area contributed by atoms with Crippen molar-refractivity contribution in [1.29, 1.82) is 0 Å². The molecule has 0 aliphatic rings. The Morgan fingerprint density at radius 2 is 1.87 bits per heavy atom. The van der Waals surface area contributed by atoms with Gasteiger partial charge >= 0.3 is 5.97 Å². The maximum absolute atomic E-state index is 12.4. The molecular formula is C18H20N2O3. The lowest BCUT2D eigenvalue weighted by Gasteiger charge is -2.17. The number of anilines is 1. The molecule has 1 atom stereocenters. The molecule has 1 unspecified atom stereocenters. The predicted molar refractivity (Wildman–Crippen MR) is 88.3 cm³/mol. The zero-order valence-corrected chi connectivity index (χ0v) is 13.5. The standard InChI is InChI=1S/C18H20N2O3/c1-4-16(23-18(22)14-7-9-19-10-8-14)17(21)20-15-11-12(2)5-6-13(15)3/h5-11,16H,4H2,1-3H3,(H,20,21). The number of nitrogens with zero attached hydrogens (tertiary/aromatic N) is 1. The average molecular weight is 312 g/mol. The maximum atomic E-state index is 12.4. The molecule has 0 bridgehead atoms. The van der Waals surface area contributed by atoms with Crippen LogP contribution in [-0.4, -0.2) is 23.0 Å². The number of carbonyl (C=O) groups is 2. The lowest BCUT2D eigenvalue weighted by Crippen LogP contribution is -2.32. The molecule has 0 aliphatic carbocycles. The molecule has 0 saturated carbocycles. The third kappa shape index (κ3) is 4.39. The molecule has 2 aromatic rings. The van der Waals surface area contributed by atoms with Crippen LogP contribution in [0, 0.1) is 13.8 Å². The van der Waals surface area contributed by atoms with Crippen molar-refractivity contribution >= 4 is 17.6 Å². The van der Waals surface area contributed by atoms with E-state index in [1.165, 1.54) is 12.4 Å². The van der Waals surface area contributed by atoms with Crippen molar-refractivity contribution in [3.05, 3.63) is 59.4 Å². The third-order valence-electron chi connectivity index (χ3n) is 3.48. The van der Waals surface area contributed by atoms with E-state index in [-0.39, 0.29) is 5.91 Å². The van der Waals surface area contributed by atoms with Gasteiger partial charge in [-0.05, 0) is 49.6 Å². The summed E-state index contributed by atoms with van der Waals surface area (Å²) in [5.41, 5.74) is 3.11. The fraction of sp³-hybridized carbons (Fsp3) is 0.278. The largest absolute Gasteiger partial charge is 0.449 e. The first-order chi connectivity index (χ1) is 11.0. The van der Waals surface area contributed by atoms with Crippen molar-refractivity contribution in [2.75, 3.05) is 5.32 Å². The second kappa shape index (κ2) is 7.54. The van der Waals surface area contributed by atoms with E-state index in [1.54, 1.807) is 19.1 Å². The van der Waals surface area contributed by atoms with Gasteiger partial charge < -0.3 is 10.1 Å². The molecule has 0 spiro atoms. The number of aromatic nitrogens is 1. The number of ether oxygens (including phenoxy) is 1. The first kappa shape index (κ1) is 16.7. The van der Waals surface area contributed by atoms with Gasteiger partial charge in [0.25, 0.3) is 5.91 Å². The van der Waals surface area contributed by atoms with Gasteiger partial charge in [-0.25, -0.2) is 4.79 Å². The van der Waals surface area contributed by atoms with Gasteiger partial charge in [-0.1, -0.05) is 19.1 Å². The summed E-state index contributed by atoms with van der Waals surface area (Å²) in [5.74, 6) is -0.862. The highest BCUT2D eigenvalue weighted by molar-refractivity contribution is 5.97. The van der Waals surface area contributed by atoms with Crippen LogP contribution in [0.25, 0.3) is 0 Å². The number of benzene rings is 1. The third-order valence-corrected chi connectivity index (χ3v) is 3.48. The molecule has 0 fully saturated rings. The summed E-state index contributed by atoms with van der Waals surface area (Å²) in [7, 11) is 0. The Morgan fingerprint density at radius 1 is 1.17 bits per heavy atom. The van der Waals surface area contributed by atoms with Crippen LogP contribution in [0.4, 0.5) is 5.69 Å². The zero-order valence-electron chi connectivity index (χ0n) is 13.5. The monoisotopic (exact) mass is 312 g/mol. The summed E-state index contributed by atoms with van der Waals surface area (Å²) in [5, 5.41) is 2.83. The smallest absolute Gasteiger partial charge is 0.339 e. The Kier molecular flexibility index (Phi) is 5.46. The first-order valence-corrected chi connectivity index (χ1v) is 7.50. The van der Waals surface area contributed by atoms with Gasteiger partial charge in [-0.2, -0.15) is 0 Å². The van der Waals surface area contributed by atoms with E-state index >= 15 is 0 Å². The van der Waals surface area contributed by atoms with E-state index in [9.17, 15) is 9.59 Å². The van der Waals surface area contributed by atoms with Crippen molar-refractivity contribution in [3.63, 3.8) is 0 Å². The Hall–Kier alpha value is -2.69. The molecule has 1 aromatic heterocycles. The van der Waals surface area contributed by atoms with E-state index in [0.717, 1.165) is 16.8 Å². The van der Waals surface area contributed by atoms with Gasteiger partial charge in [-0.15, -0.1) is 0 Å². The highest BCUT2D eigenvalue weighted by Crippen LogP contribution is 2.17. The molecular weight excluding hydrogens is 292 g/mol. The van der Waals surface area contributed by atoms with E-state index in [4.69, 9.17) is 4.74 Å². The van der Waals surface area contributed by atoms with Gasteiger partial charge in [-0.3, -0.25) is 9.78 Å². The molecule has 5 heteroatoms. The summed E-state index contributed by atoms with van der Waals surface area (Å²) in [6.45, 7) is 5.67. The number of amides is 1. The van der Waals surface area contributed by atoms with E-state index in [2.05, 4.69) is 10.3 Å². The van der Waals surface area contributed by atoms with Gasteiger partial charge in [0.05, 0.1) is 5.56 Å². The lowest BCUT2D eigenvalue weighted by atomic mass is 10.1. The Labute approximate surface area is 135 Å². The minimum Gasteiger partial charge on any atom is -0.449 e. The molecule has 0 aliphatic heterocycles. The summed E-state index contributed by atoms with van der Waals surface area (Å²) in [6, 6.07) is 8.92. The fourth-order valence-electron chi connectivity index (χ4n) is 2.09. The second-order valence-corrected chi connectivity index (χ2v) is 5.35. The SMILES string of the molecule is CCC(OC(=O)c1ccncc1)C(=O)Nc1cc(C)ccc1C. The Morgan fingerprint density at radius 3 is 2.52 bits per heavy atom. The van der Waals surface area contributed by atoms with Crippen LogP contribution >= 0.6 is 0 Å². The van der Waals surface area contributed by atoms with Gasteiger partial charge in [0.15, 0.2) is 6.10 Å². The lowest BCUT2D eigenvalue weighted by molar-refractivity contribution is -0.124. The summed E-state index contributed by atoms with van der Waals surface area (Å²) in [4.78, 5) is 28.3. The minimum atomic E-state index is -0.837. The van der Waals surface area contributed by atoms with Crippen molar-refractivity contribution in [2.24, 2.45) is 0 Å². The zero-order chi connectivity index (χ0) is 16.8. The number of rotatable bonds is 5. The van der Waals surface area contributed by atoms with Crippen molar-refractivity contribution in [1.82, 2.24) is 4.98 Å². The topological polar surface area (TPSA) is 68.3 Å². The molecule has 23 heavy (non-hydrogen) atoms. The van der Waals surface area contributed by atoms with Crippen LogP contribution in [-0.2, 0) is 9.53 Å². The van der Waals surface area contributed by atoms with E-state index < -0.39 is 12.1 Å². The molecule has 5 nitrogen and oxygen atoms in total. The predicted octanol–water partition coefficient (Wildman–Crippen LogP) is 3.27. The van der Waals surface area contributed by atoms with Crippen LogP contribution in [0.3, 0.4) is 0 Å². The van der Waals surface area contributed by atoms with E-state index in [1.807, 2.05) is 32.0 Å². The molecule has 1 heterocycles. The summed E-state index contributed by atoms with van der Waals surface area (Å²) >= 11 is 0. The van der Waals surface area contributed by atoms with Gasteiger partial charge in [0, 0.05) is 18.1 Å². The highest BCUT2D eigenvalue weighted by Gasteiger charge is 2.22. The van der Waals surface area contributed by atoms with Crippen LogP contribution in [0.2, 0.25) is 0 Å². The van der Waals surface area contributed by atoms with E-state index in [0.29, 0.717) is 12.0 Å². The Bertz CT molecular complexity index is 699. The minimum absolute atomic E-state index is 0.330. The van der Waals surface area contributed by atoms with Crippen LogP contribution in [0.5, 0.6) is 0 Å². The van der Waals surface area contributed by atoms with Crippen molar-refractivity contribution in [3.8, 4) is 0 Å².